The van der Waals surface area contributed by atoms with Gasteiger partial charge < -0.3 is 46.8 Å². The SMILES string of the molecule is Cc1ccccc1-c1nc2c(-c3cccc4c3oc3ccccc34)cc(-c3cccc4c3oc3ccccc34)cc2s1.OB(O)c1cccc2c1oc1ccccc12.Oc1ccccc1-c1nc2c(-c3cccc4c3oc3ccccc34)cc(-c3cccc4c3oc3ccccc34)cc2s1.Oc1ccccc1-c1nc2c(Cl)cc(-c3cccc4c3oc3ccccc34)cc2s1. The molecule has 0 fully saturated rings. The summed E-state index contributed by atoms with van der Waals surface area (Å²) < 4.78 is 40.8. The van der Waals surface area contributed by atoms with Gasteiger partial charge >= 0.3 is 7.12 Å². The second-order valence-electron chi connectivity index (χ2n) is 32.1. The van der Waals surface area contributed by atoms with Crippen LogP contribution in [0.15, 0.2) is 390 Å². The van der Waals surface area contributed by atoms with E-state index >= 15 is 0 Å². The molecule has 18 heteroatoms. The van der Waals surface area contributed by atoms with Crippen LogP contribution in [-0.4, -0.2) is 42.3 Å². The zero-order valence-electron chi connectivity index (χ0n) is 68.9. The molecule has 18 aromatic carbocycles. The smallest absolute Gasteiger partial charge is 0.492 e. The van der Waals surface area contributed by atoms with Gasteiger partial charge in [-0.3, -0.25) is 0 Å². The third-order valence-corrected chi connectivity index (χ3v) is 27.7. The minimum absolute atomic E-state index is 0.208. The van der Waals surface area contributed by atoms with E-state index in [0.29, 0.717) is 27.2 Å². The third-order valence-electron chi connectivity index (χ3n) is 24.3. The van der Waals surface area contributed by atoms with Crippen LogP contribution in [0.4, 0.5) is 0 Å². The quantitative estimate of drug-likeness (QED) is 0.0997. The van der Waals surface area contributed by atoms with E-state index in [9.17, 15) is 20.3 Å². The highest BCUT2D eigenvalue weighted by Crippen LogP contribution is 2.50. The maximum absolute atomic E-state index is 10.7. The van der Waals surface area contributed by atoms with E-state index in [1.165, 1.54) is 16.9 Å². The first-order chi connectivity index (χ1) is 63.9. The minimum atomic E-state index is -1.51. The Morgan fingerprint density at radius 1 is 0.246 bits per heavy atom. The van der Waals surface area contributed by atoms with Gasteiger partial charge in [0.05, 0.1) is 41.3 Å². The maximum atomic E-state index is 10.7. The van der Waals surface area contributed by atoms with Crippen molar-refractivity contribution in [2.24, 2.45) is 0 Å². The lowest BCUT2D eigenvalue weighted by Crippen LogP contribution is -2.29. The zero-order valence-corrected chi connectivity index (χ0v) is 72.1. The summed E-state index contributed by atoms with van der Waals surface area (Å²) >= 11 is 11.4. The molecule has 0 spiro atoms. The van der Waals surface area contributed by atoms with Gasteiger partial charge in [0.25, 0.3) is 0 Å². The Labute approximate surface area is 756 Å². The summed E-state index contributed by atoms with van der Waals surface area (Å²) in [6.07, 6.45) is 0. The van der Waals surface area contributed by atoms with Crippen molar-refractivity contribution in [2.45, 2.75) is 6.92 Å². The molecule has 130 heavy (non-hydrogen) atoms. The van der Waals surface area contributed by atoms with Gasteiger partial charge in [-0.1, -0.05) is 279 Å². The van der Waals surface area contributed by atoms with E-state index in [1.54, 1.807) is 53.0 Å². The molecule has 0 aliphatic heterocycles. The van der Waals surface area contributed by atoms with E-state index in [0.717, 1.165) is 233 Å². The van der Waals surface area contributed by atoms with Crippen molar-refractivity contribution in [2.75, 3.05) is 0 Å². The highest BCUT2D eigenvalue weighted by atomic mass is 35.5. The molecule has 0 saturated heterocycles. The average Bonchev–Trinajstić information content (AvgIpc) is 1.58. The van der Waals surface area contributed by atoms with E-state index in [1.807, 2.05) is 158 Å². The van der Waals surface area contributed by atoms with Crippen LogP contribution in [0, 0.1) is 6.92 Å². The molecule has 618 valence electrons. The van der Waals surface area contributed by atoms with Gasteiger partial charge in [-0.2, -0.15) is 0 Å². The number of aromatic hydroxyl groups is 2. The first-order valence-electron chi connectivity index (χ1n) is 42.3. The molecule has 13 nitrogen and oxygen atoms in total. The van der Waals surface area contributed by atoms with Gasteiger partial charge in [-0.15, -0.1) is 34.0 Å². The van der Waals surface area contributed by atoms with Crippen LogP contribution in [0.25, 0.3) is 250 Å². The summed E-state index contributed by atoms with van der Waals surface area (Å²) in [6, 6.07) is 121. The lowest BCUT2D eigenvalue weighted by molar-refractivity contribution is 0.425. The van der Waals surface area contributed by atoms with E-state index in [4.69, 9.17) is 48.1 Å². The standard InChI is InChI=1S/C38H23NO2S.C37H21NO3S.C25H14ClNO2S.C12H9BO3/c1-22-10-2-3-11-24(22)38-39-35-31(30-17-9-16-29-27-13-5-7-19-33(27)41-37(29)30)20-23(21-34(35)42-38)25-14-8-15-28-26-12-4-6-18-32(26)40-36(25)28;39-30-16-4-1-11-28(30)37-38-34-29(27-15-8-14-26-24-10-3-6-18-32(24)41-36(26)27)19-21(20-33(34)42-37)22-12-7-13-25-23-9-2-5-17-31(23)40-35(22)25;26-19-12-14(13-22-23(19)27-25(30-22)18-7-1-3-10-20(18)28)15-8-5-9-17-16-6-2-4-11-21(16)29-24(15)17;14-13(15)10-6-3-5-9-8-4-1-2-7-11(8)16-12(9)10/h2-21H,1H3;1-20,39H;1-13,28H;1-7,14-15H. The van der Waals surface area contributed by atoms with Crippen molar-refractivity contribution in [3.8, 4) is 98.8 Å². The van der Waals surface area contributed by atoms with Gasteiger partial charge in [0.1, 0.15) is 99.0 Å². The number of thiazole rings is 3. The molecule has 4 N–H and O–H groups in total. The van der Waals surface area contributed by atoms with Crippen molar-refractivity contribution in [3.05, 3.63) is 375 Å². The Morgan fingerprint density at radius 3 is 0.869 bits per heavy atom. The van der Waals surface area contributed by atoms with Gasteiger partial charge in [0, 0.05) is 115 Å². The molecule has 27 rings (SSSR count). The van der Waals surface area contributed by atoms with Crippen LogP contribution in [-0.2, 0) is 0 Å². The van der Waals surface area contributed by atoms with Crippen LogP contribution in [0.3, 0.4) is 0 Å². The van der Waals surface area contributed by atoms with Crippen molar-refractivity contribution in [3.63, 3.8) is 0 Å². The highest BCUT2D eigenvalue weighted by molar-refractivity contribution is 7.22. The number of phenolic OH excluding ortho intramolecular Hbond substituents is 2. The number of nitrogens with zero attached hydrogens (tertiary/aromatic N) is 3. The molecule has 0 radical (unpaired) electrons. The summed E-state index contributed by atoms with van der Waals surface area (Å²) in [5, 5.41) is 55.3. The summed E-state index contributed by atoms with van der Waals surface area (Å²) in [7, 11) is -1.51. The number of aromatic nitrogens is 3. The lowest BCUT2D eigenvalue weighted by Gasteiger charge is -2.09. The van der Waals surface area contributed by atoms with Crippen LogP contribution >= 0.6 is 45.6 Å². The first-order valence-corrected chi connectivity index (χ1v) is 45.2. The number of benzene rings is 18. The molecule has 0 unspecified atom stereocenters. The fraction of sp³-hybridized carbons (Fsp3) is 0.00893. The number of furan rings is 6. The fourth-order valence-electron chi connectivity index (χ4n) is 18.2. The topological polar surface area (TPSA) is 198 Å². The third kappa shape index (κ3) is 13.3. The van der Waals surface area contributed by atoms with Crippen LogP contribution in [0.2, 0.25) is 5.02 Å². The summed E-state index contributed by atoms with van der Waals surface area (Å²) in [5.74, 6) is 0.421. The Bertz CT molecular complexity index is 8890. The predicted octanol–water partition coefficient (Wildman–Crippen LogP) is 31.4. The van der Waals surface area contributed by atoms with Gasteiger partial charge in [0.2, 0.25) is 0 Å². The zero-order chi connectivity index (χ0) is 86.9. The Hall–Kier alpha value is -15.7. The number of fused-ring (bicyclic) bond motifs is 21. The number of phenols is 2. The van der Waals surface area contributed by atoms with Crippen molar-refractivity contribution in [1.82, 2.24) is 15.0 Å². The van der Waals surface area contributed by atoms with Gasteiger partial charge in [-0.25, -0.2) is 15.0 Å². The number of hydrogen-bond donors (Lipinski definition) is 4. The fourth-order valence-corrected chi connectivity index (χ4v) is 21.8. The molecule has 0 atom stereocenters. The molecule has 9 aromatic heterocycles. The monoisotopic (exact) mass is 1760 g/mol. The van der Waals surface area contributed by atoms with Crippen LogP contribution < -0.4 is 5.46 Å². The first kappa shape index (κ1) is 77.8. The normalized spacial score (nSPS) is 11.8. The Morgan fingerprint density at radius 2 is 0.508 bits per heavy atom. The van der Waals surface area contributed by atoms with Gasteiger partial charge in [-0.05, 0) is 126 Å². The molecule has 0 aliphatic rings. The van der Waals surface area contributed by atoms with Crippen LogP contribution in [0.1, 0.15) is 5.56 Å². The number of para-hydroxylation sites is 14. The summed E-state index contributed by atoms with van der Waals surface area (Å²) in [4.78, 5) is 15.1. The number of hydrogen-bond acceptors (Lipinski definition) is 16. The maximum Gasteiger partial charge on any atom is 0.492 e. The van der Waals surface area contributed by atoms with Crippen molar-refractivity contribution >= 4 is 220 Å². The number of halogens is 1. The van der Waals surface area contributed by atoms with Gasteiger partial charge in [0.15, 0.2) is 0 Å². The van der Waals surface area contributed by atoms with E-state index in [-0.39, 0.29) is 11.5 Å². The molecule has 0 amide bonds. The van der Waals surface area contributed by atoms with E-state index < -0.39 is 7.12 Å². The average molecular weight is 1760 g/mol. The second-order valence-corrected chi connectivity index (χ2v) is 35.5. The molecule has 0 saturated carbocycles. The van der Waals surface area contributed by atoms with Crippen LogP contribution in [0.5, 0.6) is 11.5 Å². The molecule has 9 heterocycles. The lowest BCUT2D eigenvalue weighted by atomic mass is 9.79. The van der Waals surface area contributed by atoms with Crippen molar-refractivity contribution in [1.29, 1.82) is 0 Å². The molecule has 0 bridgehead atoms. The minimum Gasteiger partial charge on any atom is -0.507 e. The largest absolute Gasteiger partial charge is 0.507 e. The van der Waals surface area contributed by atoms with E-state index in [2.05, 4.69) is 188 Å². The van der Waals surface area contributed by atoms with Crippen molar-refractivity contribution < 1.29 is 46.8 Å². The predicted molar refractivity (Wildman–Crippen MR) is 535 cm³/mol. The molecular formula is C112H67BClN3O10S3. The summed E-state index contributed by atoms with van der Waals surface area (Å²) in [6.45, 7) is 2.14. The molecule has 0 aliphatic carbocycles. The Kier molecular flexibility index (Phi) is 19.0. The highest BCUT2D eigenvalue weighted by Gasteiger charge is 2.27. The molecule has 27 aromatic rings. The summed E-state index contributed by atoms with van der Waals surface area (Å²) in [5.41, 5.74) is 27.0. The second kappa shape index (κ2) is 31.7. The number of aryl methyl sites for hydroxylation is 1. The Balaban J connectivity index is 0.000000101. The number of rotatable bonds is 9. The molecular weight excluding hydrogens is 1690 g/mol.